The lowest BCUT2D eigenvalue weighted by Gasteiger charge is -2.27. The van der Waals surface area contributed by atoms with Crippen LogP contribution in [0.25, 0.3) is 5.57 Å². The Kier molecular flexibility index (Phi) is 14.7. The van der Waals surface area contributed by atoms with Gasteiger partial charge in [-0.25, -0.2) is 0 Å². The second kappa shape index (κ2) is 20.1. The van der Waals surface area contributed by atoms with E-state index in [4.69, 9.17) is 33.2 Å². The van der Waals surface area contributed by atoms with Crippen LogP contribution >= 0.6 is 0 Å². The van der Waals surface area contributed by atoms with E-state index in [1.165, 1.54) is 24.0 Å². The number of hydrogen-bond donors (Lipinski definition) is 0. The summed E-state index contributed by atoms with van der Waals surface area (Å²) < 4.78 is 41.7. The number of carbonyl (C=O) groups excluding carboxylic acids is 4. The highest BCUT2D eigenvalue weighted by Crippen LogP contribution is 2.43. The molecule has 15 nitrogen and oxygen atoms in total. The average Bonchev–Trinajstić information content (AvgIpc) is 3.88. The molecule has 0 saturated heterocycles. The Hall–Kier alpha value is -5.63. The number of ether oxygens (including phenoxy) is 7. The summed E-state index contributed by atoms with van der Waals surface area (Å²) in [5, 5.41) is 0. The number of methoxy groups -OCH3 is 3. The average molecular weight is 941 g/mol. The summed E-state index contributed by atoms with van der Waals surface area (Å²) in [5.74, 6) is 0.953. The first-order valence-corrected chi connectivity index (χ1v) is 30.0. The minimum absolute atomic E-state index is 0.00542. The molecule has 0 bridgehead atoms. The van der Waals surface area contributed by atoms with Crippen molar-refractivity contribution in [2.24, 2.45) is 0 Å². The Morgan fingerprint density at radius 2 is 1.05 bits per heavy atom. The molecule has 0 spiro atoms. The molecular weight excluding hydrogens is 877 g/mol. The SMILES string of the molecule is COc1ccc(C2=CN3C(=O)c4cc(OC)c(OCCCOc5cc6c(cc5OC)C(=O)N5C=C(C)C[C@H]5C(=O)N6COCC[Si](C)(C)C)cc4N(COCC[Si](C)(C)C)C(=O)[C@@H]3C2)cc1. The van der Waals surface area contributed by atoms with E-state index in [9.17, 15) is 19.2 Å². The Balaban J connectivity index is 1.10. The van der Waals surface area contributed by atoms with Gasteiger partial charge in [-0.3, -0.25) is 29.0 Å². The third kappa shape index (κ3) is 10.6. The molecule has 4 heterocycles. The van der Waals surface area contributed by atoms with Crippen molar-refractivity contribution in [1.82, 2.24) is 9.80 Å². The molecule has 0 aromatic heterocycles. The van der Waals surface area contributed by atoms with Crippen molar-refractivity contribution in [2.45, 2.75) is 89.6 Å². The van der Waals surface area contributed by atoms with Gasteiger partial charge in [0.25, 0.3) is 23.6 Å². The summed E-state index contributed by atoms with van der Waals surface area (Å²) in [4.78, 5) is 63.2. The third-order valence-electron chi connectivity index (χ3n) is 12.1. The minimum Gasteiger partial charge on any atom is -0.497 e. The molecule has 0 unspecified atom stereocenters. The Morgan fingerprint density at radius 3 is 1.50 bits per heavy atom. The van der Waals surface area contributed by atoms with E-state index in [1.807, 2.05) is 31.2 Å². The largest absolute Gasteiger partial charge is 0.497 e. The second-order valence-electron chi connectivity index (χ2n) is 19.5. The lowest BCUT2D eigenvalue weighted by atomic mass is 10.0. The molecular formula is C49H64N4O11Si2. The number of anilines is 2. The van der Waals surface area contributed by atoms with Crippen LogP contribution < -0.4 is 33.5 Å². The molecule has 0 aliphatic carbocycles. The molecule has 354 valence electrons. The fourth-order valence-electron chi connectivity index (χ4n) is 8.28. The van der Waals surface area contributed by atoms with Crippen molar-refractivity contribution < 1.29 is 52.3 Å². The molecule has 4 aliphatic rings. The van der Waals surface area contributed by atoms with E-state index in [0.29, 0.717) is 78.2 Å². The number of fused-ring (bicyclic) bond motifs is 4. The number of amides is 4. The van der Waals surface area contributed by atoms with Crippen LogP contribution in [0.15, 0.2) is 66.5 Å². The third-order valence-corrected chi connectivity index (χ3v) is 15.5. The molecule has 3 aromatic rings. The zero-order valence-corrected chi connectivity index (χ0v) is 42.0. The molecule has 0 fully saturated rings. The quantitative estimate of drug-likeness (QED) is 0.0798. The highest BCUT2D eigenvalue weighted by molar-refractivity contribution is 6.76. The smallest absolute Gasteiger partial charge is 0.260 e. The summed E-state index contributed by atoms with van der Waals surface area (Å²) in [7, 11) is 1.79. The van der Waals surface area contributed by atoms with Gasteiger partial charge < -0.3 is 43.0 Å². The van der Waals surface area contributed by atoms with Crippen molar-refractivity contribution in [3.05, 3.63) is 83.2 Å². The zero-order chi connectivity index (χ0) is 47.5. The molecule has 3 aromatic carbocycles. The van der Waals surface area contributed by atoms with Gasteiger partial charge in [0, 0.05) is 66.7 Å². The van der Waals surface area contributed by atoms with Crippen molar-refractivity contribution in [1.29, 1.82) is 0 Å². The van der Waals surface area contributed by atoms with Crippen molar-refractivity contribution in [3.8, 4) is 28.7 Å². The first kappa shape index (κ1) is 48.3. The van der Waals surface area contributed by atoms with Crippen LogP contribution in [0, 0.1) is 0 Å². The van der Waals surface area contributed by atoms with E-state index in [1.54, 1.807) is 53.6 Å². The molecule has 7 rings (SSSR count). The molecule has 4 amide bonds. The van der Waals surface area contributed by atoms with Gasteiger partial charge in [0.2, 0.25) is 0 Å². The van der Waals surface area contributed by atoms with Crippen molar-refractivity contribution >= 4 is 56.7 Å². The summed E-state index contributed by atoms with van der Waals surface area (Å²) in [5.41, 5.74) is 4.07. The van der Waals surface area contributed by atoms with Gasteiger partial charge >= 0.3 is 0 Å². The summed E-state index contributed by atoms with van der Waals surface area (Å²) in [6.07, 6.45) is 4.69. The van der Waals surface area contributed by atoms with E-state index in [2.05, 4.69) is 39.3 Å². The topological polar surface area (TPSA) is 146 Å². The van der Waals surface area contributed by atoms with Crippen molar-refractivity contribution in [3.63, 3.8) is 0 Å². The maximum Gasteiger partial charge on any atom is 0.260 e. The molecule has 66 heavy (non-hydrogen) atoms. The lowest BCUT2D eigenvalue weighted by molar-refractivity contribution is -0.123. The normalized spacial score (nSPS) is 18.3. The van der Waals surface area contributed by atoms with Gasteiger partial charge in [0.1, 0.15) is 31.3 Å². The summed E-state index contributed by atoms with van der Waals surface area (Å²) in [6.45, 7) is 16.8. The fourth-order valence-corrected chi connectivity index (χ4v) is 9.79. The van der Waals surface area contributed by atoms with Crippen LogP contribution in [0.1, 0.15) is 52.5 Å². The van der Waals surface area contributed by atoms with Gasteiger partial charge in [0.15, 0.2) is 23.0 Å². The van der Waals surface area contributed by atoms with E-state index < -0.39 is 28.2 Å². The number of rotatable bonds is 20. The highest BCUT2D eigenvalue weighted by atomic mass is 28.3. The van der Waals surface area contributed by atoms with Gasteiger partial charge in [0.05, 0.1) is 57.0 Å². The van der Waals surface area contributed by atoms with Gasteiger partial charge in [-0.05, 0) is 60.8 Å². The van der Waals surface area contributed by atoms with Gasteiger partial charge in [-0.1, -0.05) is 57.0 Å². The molecule has 0 saturated carbocycles. The maximum absolute atomic E-state index is 14.5. The molecule has 2 atom stereocenters. The Morgan fingerprint density at radius 1 is 0.576 bits per heavy atom. The Labute approximate surface area is 390 Å². The van der Waals surface area contributed by atoms with Crippen LogP contribution in [0.2, 0.25) is 51.4 Å². The molecule has 17 heteroatoms. The molecule has 4 aliphatic heterocycles. The maximum atomic E-state index is 14.5. The van der Waals surface area contributed by atoms with E-state index >= 15 is 0 Å². The first-order valence-electron chi connectivity index (χ1n) is 22.6. The first-order chi connectivity index (χ1) is 31.4. The van der Waals surface area contributed by atoms with Crippen LogP contribution in [0.4, 0.5) is 11.4 Å². The van der Waals surface area contributed by atoms with Crippen LogP contribution in [-0.2, 0) is 19.1 Å². The van der Waals surface area contributed by atoms with Crippen LogP contribution in [0.3, 0.4) is 0 Å². The zero-order valence-electron chi connectivity index (χ0n) is 40.0. The number of nitrogens with zero attached hydrogens (tertiary/aromatic N) is 4. The summed E-state index contributed by atoms with van der Waals surface area (Å²) in [6, 6.07) is 14.6. The predicted molar refractivity (Wildman–Crippen MR) is 258 cm³/mol. The second-order valence-corrected chi connectivity index (χ2v) is 30.8. The lowest BCUT2D eigenvalue weighted by Crippen LogP contribution is -2.45. The van der Waals surface area contributed by atoms with Crippen molar-refractivity contribution in [2.75, 3.05) is 71.0 Å². The molecule has 0 radical (unpaired) electrons. The Bertz CT molecular complexity index is 2390. The van der Waals surface area contributed by atoms with Crippen LogP contribution in [0.5, 0.6) is 28.7 Å². The predicted octanol–water partition coefficient (Wildman–Crippen LogP) is 8.25. The van der Waals surface area contributed by atoms with Gasteiger partial charge in [-0.15, -0.1) is 0 Å². The fraction of sp³-hybridized carbons (Fsp3) is 0.469. The molecule has 0 N–H and O–H groups in total. The number of benzene rings is 3. The highest BCUT2D eigenvalue weighted by Gasteiger charge is 2.44. The van der Waals surface area contributed by atoms with E-state index in [0.717, 1.165) is 28.8 Å². The minimum atomic E-state index is -1.43. The van der Waals surface area contributed by atoms with E-state index in [-0.39, 0.29) is 55.9 Å². The standard InChI is InChI=1S/C49H64N4O11Si2/c1-32-22-40-48(56)52(30-61-18-20-65(5,6)7)38-26-44(42(59-3)24-36(38)46(54)50(40)28-32)63-16-11-17-64-45-27-39-37(25-43(45)60-4)47(55)51-29-34(33-12-14-35(58-2)15-13-33)23-41(51)49(57)53(39)31-62-19-21-66(8,9)10/h12-15,24-29,40-41H,11,16-23,30-31H2,1-10H3/t40-,41-/m0/s1. The van der Waals surface area contributed by atoms with Gasteiger partial charge in [-0.2, -0.15) is 0 Å². The summed E-state index contributed by atoms with van der Waals surface area (Å²) >= 11 is 0. The van der Waals surface area contributed by atoms with Crippen LogP contribution in [-0.4, -0.2) is 123 Å². The number of carbonyl (C=O) groups is 4. The monoisotopic (exact) mass is 940 g/mol. The number of hydrogen-bond acceptors (Lipinski definition) is 11.